The van der Waals surface area contributed by atoms with Crippen molar-refractivity contribution in [1.82, 2.24) is 9.88 Å². The molecular weight excluding hydrogens is 492 g/mol. The lowest BCUT2D eigenvalue weighted by atomic mass is 10.1. The lowest BCUT2D eigenvalue weighted by Crippen LogP contribution is -2.48. The number of rotatable bonds is 6. The molecule has 7 nitrogen and oxygen atoms in total. The van der Waals surface area contributed by atoms with E-state index in [4.69, 9.17) is 0 Å². The Morgan fingerprint density at radius 3 is 2.28 bits per heavy atom. The molecule has 2 heterocycles. The van der Waals surface area contributed by atoms with Gasteiger partial charge in [-0.1, -0.05) is 18.2 Å². The van der Waals surface area contributed by atoms with Crippen LogP contribution >= 0.6 is 11.8 Å². The first-order chi connectivity index (χ1) is 17.4. The van der Waals surface area contributed by atoms with E-state index in [1.54, 1.807) is 54.4 Å². The molecule has 0 aliphatic carbocycles. The van der Waals surface area contributed by atoms with E-state index in [1.807, 2.05) is 17.0 Å². The molecule has 0 saturated carbocycles. The summed E-state index contributed by atoms with van der Waals surface area (Å²) < 4.78 is 28.7. The zero-order chi connectivity index (χ0) is 25.1. The fraction of sp³-hybridized carbons (Fsp3) is 0.185. The number of hydrogen-bond donors (Lipinski definition) is 1. The van der Waals surface area contributed by atoms with Gasteiger partial charge in [-0.2, -0.15) is 0 Å². The van der Waals surface area contributed by atoms with Crippen LogP contribution in [-0.4, -0.2) is 56.6 Å². The van der Waals surface area contributed by atoms with E-state index in [-0.39, 0.29) is 10.8 Å². The number of para-hydroxylation sites is 1. The molecule has 36 heavy (non-hydrogen) atoms. The zero-order valence-electron chi connectivity index (χ0n) is 19.8. The van der Waals surface area contributed by atoms with Crippen LogP contribution in [0, 0.1) is 0 Å². The van der Waals surface area contributed by atoms with E-state index in [0.29, 0.717) is 29.9 Å². The van der Waals surface area contributed by atoms with Crippen LogP contribution in [0.4, 0.5) is 11.4 Å². The lowest BCUT2D eigenvalue weighted by Gasteiger charge is -2.36. The predicted molar refractivity (Wildman–Crippen MR) is 145 cm³/mol. The molecule has 1 N–H and O–H groups in total. The Labute approximate surface area is 215 Å². The van der Waals surface area contributed by atoms with Crippen molar-refractivity contribution < 1.29 is 13.2 Å². The predicted octanol–water partition coefficient (Wildman–Crippen LogP) is 4.72. The smallest absolute Gasteiger partial charge is 0.264 e. The number of anilines is 2. The normalized spacial score (nSPS) is 14.1. The van der Waals surface area contributed by atoms with Crippen molar-refractivity contribution >= 4 is 50.0 Å². The highest BCUT2D eigenvalue weighted by molar-refractivity contribution is 7.98. The summed E-state index contributed by atoms with van der Waals surface area (Å²) in [7, 11) is -3.85. The second kappa shape index (κ2) is 10.2. The van der Waals surface area contributed by atoms with Gasteiger partial charge in [0.2, 0.25) is 0 Å². The summed E-state index contributed by atoms with van der Waals surface area (Å²) in [5.74, 6) is -0.0555. The van der Waals surface area contributed by atoms with Crippen molar-refractivity contribution in [1.29, 1.82) is 0 Å². The Bertz CT molecular complexity index is 1480. The monoisotopic (exact) mass is 518 g/mol. The zero-order valence-corrected chi connectivity index (χ0v) is 21.4. The lowest BCUT2D eigenvalue weighted by molar-refractivity contribution is 0.0747. The number of amides is 1. The van der Waals surface area contributed by atoms with Crippen LogP contribution in [0.5, 0.6) is 0 Å². The van der Waals surface area contributed by atoms with Gasteiger partial charge in [0.25, 0.3) is 15.9 Å². The van der Waals surface area contributed by atoms with Crippen LogP contribution in [-0.2, 0) is 10.0 Å². The standard InChI is InChI=1S/C27H26N4O3S2/c1-35-24-13-11-23(12-14-24)30-16-18-31(19-17-30)27(32)21-7-9-22(10-8-21)29-36(33,34)25-6-2-4-20-5-3-15-28-26(20)25/h2-15,29H,16-19H2,1H3. The SMILES string of the molecule is CSc1ccc(N2CCN(C(=O)c3ccc(NS(=O)(=O)c4cccc5cccnc45)cc3)CC2)cc1. The average molecular weight is 519 g/mol. The van der Waals surface area contributed by atoms with Crippen molar-refractivity contribution in [3.05, 3.63) is 90.6 Å². The van der Waals surface area contributed by atoms with Crippen molar-refractivity contribution in [3.8, 4) is 0 Å². The van der Waals surface area contributed by atoms with Gasteiger partial charge in [-0.3, -0.25) is 14.5 Å². The first-order valence-corrected chi connectivity index (χ1v) is 14.3. The molecule has 1 aliphatic rings. The fourth-order valence-electron chi connectivity index (χ4n) is 4.33. The Hall–Kier alpha value is -3.56. The number of nitrogens with zero attached hydrogens (tertiary/aromatic N) is 3. The molecule has 184 valence electrons. The number of sulfonamides is 1. The molecule has 1 saturated heterocycles. The van der Waals surface area contributed by atoms with Gasteiger partial charge in [0, 0.05) is 59.6 Å². The molecular formula is C27H26N4O3S2. The summed E-state index contributed by atoms with van der Waals surface area (Å²) in [5.41, 5.74) is 2.50. The second-order valence-corrected chi connectivity index (χ2v) is 11.0. The van der Waals surface area contributed by atoms with Gasteiger partial charge in [0.05, 0.1) is 5.52 Å². The van der Waals surface area contributed by atoms with Gasteiger partial charge in [-0.25, -0.2) is 8.42 Å². The van der Waals surface area contributed by atoms with E-state index in [2.05, 4.69) is 45.1 Å². The Morgan fingerprint density at radius 2 is 1.58 bits per heavy atom. The maximum atomic E-state index is 13.0. The topological polar surface area (TPSA) is 82.6 Å². The molecule has 0 bridgehead atoms. The van der Waals surface area contributed by atoms with E-state index in [1.165, 1.54) is 11.0 Å². The Balaban J connectivity index is 1.23. The third-order valence-corrected chi connectivity index (χ3v) is 8.43. The summed E-state index contributed by atoms with van der Waals surface area (Å²) in [6.07, 6.45) is 3.63. The van der Waals surface area contributed by atoms with Crippen LogP contribution in [0.3, 0.4) is 0 Å². The van der Waals surface area contributed by atoms with Gasteiger partial charge < -0.3 is 9.80 Å². The van der Waals surface area contributed by atoms with E-state index in [0.717, 1.165) is 24.2 Å². The largest absolute Gasteiger partial charge is 0.368 e. The number of pyridine rings is 1. The first-order valence-electron chi connectivity index (χ1n) is 11.6. The Morgan fingerprint density at radius 1 is 0.889 bits per heavy atom. The summed E-state index contributed by atoms with van der Waals surface area (Å²) in [5, 5.41) is 0.749. The van der Waals surface area contributed by atoms with Crippen LogP contribution in [0.25, 0.3) is 10.9 Å². The van der Waals surface area contributed by atoms with Gasteiger partial charge in [0.15, 0.2) is 0 Å². The number of aromatic nitrogens is 1. The minimum Gasteiger partial charge on any atom is -0.368 e. The molecule has 1 aromatic heterocycles. The number of fused-ring (bicyclic) bond motifs is 1. The van der Waals surface area contributed by atoms with Gasteiger partial charge in [-0.05, 0) is 66.9 Å². The molecule has 0 unspecified atom stereocenters. The van der Waals surface area contributed by atoms with Crippen LogP contribution in [0.1, 0.15) is 10.4 Å². The van der Waals surface area contributed by atoms with Crippen LogP contribution in [0.15, 0.2) is 94.9 Å². The summed E-state index contributed by atoms with van der Waals surface area (Å²) in [6, 6.07) is 23.7. The van der Waals surface area contributed by atoms with Crippen molar-refractivity contribution in [3.63, 3.8) is 0 Å². The number of piperazine rings is 1. The fourth-order valence-corrected chi connectivity index (χ4v) is 5.97. The molecule has 5 rings (SSSR count). The van der Waals surface area contributed by atoms with E-state index in [9.17, 15) is 13.2 Å². The maximum Gasteiger partial charge on any atom is 0.264 e. The molecule has 0 spiro atoms. The van der Waals surface area contributed by atoms with Crippen LogP contribution < -0.4 is 9.62 Å². The minimum absolute atomic E-state index is 0.0555. The summed E-state index contributed by atoms with van der Waals surface area (Å²) >= 11 is 1.72. The molecule has 1 fully saturated rings. The maximum absolute atomic E-state index is 13.0. The van der Waals surface area contributed by atoms with Crippen molar-refractivity contribution in [2.24, 2.45) is 0 Å². The Kier molecular flexibility index (Phi) is 6.84. The molecule has 3 aromatic carbocycles. The number of nitrogens with one attached hydrogen (secondary N) is 1. The summed E-state index contributed by atoms with van der Waals surface area (Å²) in [4.78, 5) is 22.8. The first kappa shape index (κ1) is 24.1. The third-order valence-electron chi connectivity index (χ3n) is 6.27. The molecule has 1 amide bonds. The van der Waals surface area contributed by atoms with Crippen molar-refractivity contribution in [2.75, 3.05) is 42.1 Å². The highest BCUT2D eigenvalue weighted by Gasteiger charge is 2.23. The van der Waals surface area contributed by atoms with E-state index >= 15 is 0 Å². The van der Waals surface area contributed by atoms with Gasteiger partial charge in [-0.15, -0.1) is 11.8 Å². The molecule has 4 aromatic rings. The molecule has 1 aliphatic heterocycles. The van der Waals surface area contributed by atoms with Crippen LogP contribution in [0.2, 0.25) is 0 Å². The van der Waals surface area contributed by atoms with Gasteiger partial charge >= 0.3 is 0 Å². The number of carbonyl (C=O) groups is 1. The quantitative estimate of drug-likeness (QED) is 0.372. The number of benzene rings is 3. The highest BCUT2D eigenvalue weighted by Crippen LogP contribution is 2.25. The van der Waals surface area contributed by atoms with E-state index < -0.39 is 10.0 Å². The molecule has 0 radical (unpaired) electrons. The second-order valence-electron chi connectivity index (χ2n) is 8.49. The number of hydrogen-bond acceptors (Lipinski definition) is 6. The number of carbonyl (C=O) groups excluding carboxylic acids is 1. The van der Waals surface area contributed by atoms with Gasteiger partial charge in [0.1, 0.15) is 4.90 Å². The third kappa shape index (κ3) is 5.03. The summed E-state index contributed by atoms with van der Waals surface area (Å²) in [6.45, 7) is 2.79. The minimum atomic E-state index is -3.85. The molecule has 0 atom stereocenters. The highest BCUT2D eigenvalue weighted by atomic mass is 32.2. The molecule has 9 heteroatoms. The average Bonchev–Trinajstić information content (AvgIpc) is 2.93. The van der Waals surface area contributed by atoms with Crippen molar-refractivity contribution in [2.45, 2.75) is 9.79 Å². The number of thioether (sulfide) groups is 1.